The van der Waals surface area contributed by atoms with Crippen molar-refractivity contribution in [3.8, 4) is 22.7 Å². The fourth-order valence-corrected chi connectivity index (χ4v) is 3.53. The van der Waals surface area contributed by atoms with Crippen LogP contribution in [0.15, 0.2) is 42.7 Å². The SMILES string of the molecule is C[C@H]1C(=O)NC[C@@H]1C(=O)Nc1cc(-c2cc(F)cc(OC(F)(F)F)c2)n(-c2cncc(F)c2)n1. The molecule has 1 fully saturated rings. The van der Waals surface area contributed by atoms with Crippen molar-refractivity contribution < 1.29 is 36.3 Å². The summed E-state index contributed by atoms with van der Waals surface area (Å²) >= 11 is 0. The summed E-state index contributed by atoms with van der Waals surface area (Å²) in [6, 6.07) is 4.71. The van der Waals surface area contributed by atoms with Crippen molar-refractivity contribution in [1.29, 1.82) is 0 Å². The van der Waals surface area contributed by atoms with Gasteiger partial charge in [-0.15, -0.1) is 18.3 Å². The van der Waals surface area contributed by atoms with E-state index in [0.29, 0.717) is 6.07 Å². The first-order valence-electron chi connectivity index (χ1n) is 9.86. The molecule has 0 saturated carbocycles. The molecule has 2 atom stereocenters. The number of rotatable bonds is 5. The molecule has 34 heavy (non-hydrogen) atoms. The lowest BCUT2D eigenvalue weighted by Gasteiger charge is -2.12. The van der Waals surface area contributed by atoms with Crippen molar-refractivity contribution in [3.63, 3.8) is 0 Å². The molecular weight excluding hydrogens is 465 g/mol. The van der Waals surface area contributed by atoms with Gasteiger partial charge in [0.2, 0.25) is 11.8 Å². The van der Waals surface area contributed by atoms with Crippen LogP contribution >= 0.6 is 0 Å². The van der Waals surface area contributed by atoms with Crippen LogP contribution in [-0.4, -0.2) is 39.5 Å². The molecule has 0 unspecified atom stereocenters. The summed E-state index contributed by atoms with van der Waals surface area (Å²) in [5.41, 5.74) is -0.0189. The lowest BCUT2D eigenvalue weighted by atomic mass is 9.97. The van der Waals surface area contributed by atoms with Gasteiger partial charge in [0.25, 0.3) is 0 Å². The molecule has 3 heterocycles. The molecule has 1 aliphatic heterocycles. The van der Waals surface area contributed by atoms with Crippen LogP contribution < -0.4 is 15.4 Å². The normalized spacial score (nSPS) is 18.0. The van der Waals surface area contributed by atoms with E-state index in [4.69, 9.17) is 0 Å². The topological polar surface area (TPSA) is 98.1 Å². The van der Waals surface area contributed by atoms with Crippen molar-refractivity contribution in [2.75, 3.05) is 11.9 Å². The monoisotopic (exact) mass is 481 g/mol. The maximum atomic E-state index is 14.1. The maximum absolute atomic E-state index is 14.1. The van der Waals surface area contributed by atoms with Crippen LogP contribution in [-0.2, 0) is 9.59 Å². The third-order valence-electron chi connectivity index (χ3n) is 5.15. The van der Waals surface area contributed by atoms with Gasteiger partial charge in [-0.05, 0) is 12.1 Å². The summed E-state index contributed by atoms with van der Waals surface area (Å²) in [6.45, 7) is 1.71. The zero-order valence-electron chi connectivity index (χ0n) is 17.4. The van der Waals surface area contributed by atoms with E-state index in [1.54, 1.807) is 6.92 Å². The number of nitrogens with zero attached hydrogens (tertiary/aromatic N) is 3. The molecule has 178 valence electrons. The second kappa shape index (κ2) is 8.72. The van der Waals surface area contributed by atoms with E-state index in [9.17, 15) is 31.5 Å². The Morgan fingerprint density at radius 3 is 2.56 bits per heavy atom. The van der Waals surface area contributed by atoms with Crippen molar-refractivity contribution in [3.05, 3.63) is 54.4 Å². The van der Waals surface area contributed by atoms with Crippen LogP contribution in [0.4, 0.5) is 27.8 Å². The smallest absolute Gasteiger partial charge is 0.406 e. The largest absolute Gasteiger partial charge is 0.573 e. The van der Waals surface area contributed by atoms with Gasteiger partial charge in [-0.3, -0.25) is 14.6 Å². The summed E-state index contributed by atoms with van der Waals surface area (Å²) in [4.78, 5) is 28.1. The second-order valence-electron chi connectivity index (χ2n) is 7.54. The Morgan fingerprint density at radius 2 is 1.91 bits per heavy atom. The maximum Gasteiger partial charge on any atom is 0.573 e. The van der Waals surface area contributed by atoms with E-state index in [-0.39, 0.29) is 35.2 Å². The number of hydrogen-bond acceptors (Lipinski definition) is 5. The van der Waals surface area contributed by atoms with E-state index in [1.807, 2.05) is 0 Å². The first kappa shape index (κ1) is 23.1. The summed E-state index contributed by atoms with van der Waals surface area (Å²) in [5, 5.41) is 9.28. The number of amides is 2. The number of aromatic nitrogens is 3. The van der Waals surface area contributed by atoms with E-state index in [2.05, 4.69) is 25.5 Å². The number of benzene rings is 1. The molecule has 2 N–H and O–H groups in total. The van der Waals surface area contributed by atoms with Crippen LogP contribution in [0.2, 0.25) is 0 Å². The Labute approximate surface area is 188 Å². The Morgan fingerprint density at radius 1 is 1.15 bits per heavy atom. The molecule has 0 aliphatic carbocycles. The van der Waals surface area contributed by atoms with Gasteiger partial charge in [-0.1, -0.05) is 6.92 Å². The summed E-state index contributed by atoms with van der Waals surface area (Å²) in [7, 11) is 0. The molecule has 1 aromatic carbocycles. The van der Waals surface area contributed by atoms with Gasteiger partial charge in [0.1, 0.15) is 17.4 Å². The van der Waals surface area contributed by atoms with Gasteiger partial charge in [0.15, 0.2) is 5.82 Å². The quantitative estimate of drug-likeness (QED) is 0.545. The number of carbonyl (C=O) groups excluding carboxylic acids is 2. The molecule has 0 spiro atoms. The number of ether oxygens (including phenoxy) is 1. The highest BCUT2D eigenvalue weighted by Crippen LogP contribution is 2.32. The molecule has 4 rings (SSSR count). The third kappa shape index (κ3) is 4.97. The highest BCUT2D eigenvalue weighted by atomic mass is 19.4. The van der Waals surface area contributed by atoms with Gasteiger partial charge in [-0.2, -0.15) is 0 Å². The van der Waals surface area contributed by atoms with Gasteiger partial charge in [0.05, 0.1) is 29.7 Å². The van der Waals surface area contributed by atoms with Gasteiger partial charge in [-0.25, -0.2) is 13.5 Å². The average molecular weight is 481 g/mol. The number of carbonyl (C=O) groups is 2. The van der Waals surface area contributed by atoms with Crippen LogP contribution in [0.25, 0.3) is 16.9 Å². The fourth-order valence-electron chi connectivity index (χ4n) is 3.53. The number of anilines is 1. The standard InChI is InChI=1S/C21H16F5N5O3/c1-10-16(9-28-19(10)32)20(33)29-18-6-17(31(30-18)14-4-13(23)7-27-8-14)11-2-12(22)5-15(3-11)34-21(24,25)26/h2-8,10,16H,9H2,1H3,(H,28,32)(H,29,30,33)/t10-,16+/m1/s1. The third-order valence-corrected chi connectivity index (χ3v) is 5.15. The highest BCUT2D eigenvalue weighted by molar-refractivity contribution is 5.98. The molecule has 1 aliphatic rings. The summed E-state index contributed by atoms with van der Waals surface area (Å²) in [6.07, 6.45) is -2.90. The van der Waals surface area contributed by atoms with Crippen molar-refractivity contribution in [1.82, 2.24) is 20.1 Å². The minimum absolute atomic E-state index is 0.0166. The zero-order valence-corrected chi connectivity index (χ0v) is 17.4. The van der Waals surface area contributed by atoms with Crippen molar-refractivity contribution >= 4 is 17.6 Å². The molecular formula is C21H16F5N5O3. The fraction of sp³-hybridized carbons (Fsp3) is 0.238. The van der Waals surface area contributed by atoms with E-state index in [1.165, 1.54) is 12.3 Å². The average Bonchev–Trinajstić information content (AvgIpc) is 3.30. The number of nitrogens with one attached hydrogen (secondary N) is 2. The predicted octanol–water partition coefficient (Wildman–Crippen LogP) is 3.43. The molecule has 13 heteroatoms. The number of halogens is 5. The molecule has 8 nitrogen and oxygen atoms in total. The highest BCUT2D eigenvalue weighted by Gasteiger charge is 2.36. The van der Waals surface area contributed by atoms with E-state index in [0.717, 1.165) is 29.1 Å². The molecule has 1 saturated heterocycles. The molecule has 2 amide bonds. The van der Waals surface area contributed by atoms with Crippen LogP contribution in [0.1, 0.15) is 6.92 Å². The Balaban J connectivity index is 1.75. The summed E-state index contributed by atoms with van der Waals surface area (Å²) < 4.78 is 70.8. The first-order valence-corrected chi connectivity index (χ1v) is 9.86. The Bertz CT molecular complexity index is 1260. The van der Waals surface area contributed by atoms with Gasteiger partial charge < -0.3 is 15.4 Å². The lowest BCUT2D eigenvalue weighted by molar-refractivity contribution is -0.274. The number of alkyl halides is 3. The lowest BCUT2D eigenvalue weighted by Crippen LogP contribution is -2.28. The molecule has 2 aromatic heterocycles. The van der Waals surface area contributed by atoms with Crippen LogP contribution in [0, 0.1) is 23.5 Å². The minimum Gasteiger partial charge on any atom is -0.406 e. The first-order chi connectivity index (χ1) is 16.0. The molecule has 3 aromatic rings. The summed E-state index contributed by atoms with van der Waals surface area (Å²) in [5.74, 6) is -4.71. The number of hydrogen-bond donors (Lipinski definition) is 2. The van der Waals surface area contributed by atoms with Gasteiger partial charge >= 0.3 is 6.36 Å². The zero-order chi connectivity index (χ0) is 24.6. The van der Waals surface area contributed by atoms with Crippen molar-refractivity contribution in [2.24, 2.45) is 11.8 Å². The predicted molar refractivity (Wildman–Crippen MR) is 108 cm³/mol. The van der Waals surface area contributed by atoms with Gasteiger partial charge in [0, 0.05) is 36.2 Å². The van der Waals surface area contributed by atoms with Crippen LogP contribution in [0.3, 0.4) is 0 Å². The molecule has 0 bridgehead atoms. The minimum atomic E-state index is -5.06. The number of pyridine rings is 1. The van der Waals surface area contributed by atoms with Crippen molar-refractivity contribution in [2.45, 2.75) is 13.3 Å². The van der Waals surface area contributed by atoms with E-state index >= 15 is 0 Å². The van der Waals surface area contributed by atoms with E-state index < -0.39 is 41.5 Å². The Kier molecular flexibility index (Phi) is 5.94. The molecule has 0 radical (unpaired) electrons. The second-order valence-corrected chi connectivity index (χ2v) is 7.54. The Hall–Kier alpha value is -4.03. The van der Waals surface area contributed by atoms with Crippen LogP contribution in [0.5, 0.6) is 5.75 Å².